The van der Waals surface area contributed by atoms with E-state index in [2.05, 4.69) is 20.4 Å². The van der Waals surface area contributed by atoms with E-state index < -0.39 is 17.9 Å². The van der Waals surface area contributed by atoms with Gasteiger partial charge in [-0.1, -0.05) is 0 Å². The van der Waals surface area contributed by atoms with Crippen LogP contribution in [0.3, 0.4) is 0 Å². The molecular weight excluding hydrogens is 274 g/mol. The molecule has 0 radical (unpaired) electrons. The van der Waals surface area contributed by atoms with Gasteiger partial charge in [-0.15, -0.1) is 11.3 Å². The standard InChI is InChI=1S/C10H13N3O5S/c1-5(14)11-10-13-7(4-19-10)8(15)12-6(3-18-2)9(16)17/h4,6H,3H2,1-2H3,(H,12,15)(H,16,17)(H,11,13,14). The highest BCUT2D eigenvalue weighted by molar-refractivity contribution is 7.14. The number of hydrogen-bond acceptors (Lipinski definition) is 6. The third-order valence-corrected chi connectivity index (χ3v) is 2.71. The second kappa shape index (κ2) is 6.81. The Kier molecular flexibility index (Phi) is 5.39. The van der Waals surface area contributed by atoms with Crippen molar-refractivity contribution >= 4 is 34.3 Å². The first-order valence-corrected chi connectivity index (χ1v) is 6.07. The molecule has 0 bridgehead atoms. The fourth-order valence-electron chi connectivity index (χ4n) is 1.16. The van der Waals surface area contributed by atoms with E-state index in [-0.39, 0.29) is 23.3 Å². The number of carbonyl (C=O) groups excluding carboxylic acids is 2. The van der Waals surface area contributed by atoms with Crippen molar-refractivity contribution in [1.29, 1.82) is 0 Å². The Labute approximate surface area is 112 Å². The predicted molar refractivity (Wildman–Crippen MR) is 67.2 cm³/mol. The topological polar surface area (TPSA) is 118 Å². The first kappa shape index (κ1) is 15.1. The Morgan fingerprint density at radius 3 is 2.74 bits per heavy atom. The molecule has 1 aromatic rings. The number of aliphatic carboxylic acids is 1. The van der Waals surface area contributed by atoms with E-state index >= 15 is 0 Å². The highest BCUT2D eigenvalue weighted by Crippen LogP contribution is 2.15. The van der Waals surface area contributed by atoms with Crippen LogP contribution in [-0.4, -0.2) is 47.6 Å². The molecule has 1 rings (SSSR count). The number of carboxylic acids is 1. The molecule has 0 spiro atoms. The van der Waals surface area contributed by atoms with E-state index in [1.807, 2.05) is 0 Å². The number of methoxy groups -OCH3 is 1. The van der Waals surface area contributed by atoms with Crippen LogP contribution in [0.15, 0.2) is 5.38 Å². The summed E-state index contributed by atoms with van der Waals surface area (Å²) in [6.07, 6.45) is 0. The molecular formula is C10H13N3O5S. The number of amides is 2. The van der Waals surface area contributed by atoms with Gasteiger partial charge in [-0.05, 0) is 0 Å². The molecule has 19 heavy (non-hydrogen) atoms. The van der Waals surface area contributed by atoms with Gasteiger partial charge in [0, 0.05) is 19.4 Å². The summed E-state index contributed by atoms with van der Waals surface area (Å²) in [5.41, 5.74) is 0.0381. The molecule has 1 unspecified atom stereocenters. The lowest BCUT2D eigenvalue weighted by Crippen LogP contribution is -2.43. The van der Waals surface area contributed by atoms with Gasteiger partial charge in [0.1, 0.15) is 5.69 Å². The SMILES string of the molecule is COCC(NC(=O)c1csc(NC(C)=O)n1)C(=O)O. The Hall–Kier alpha value is -2.00. The minimum absolute atomic E-state index is 0.0381. The molecule has 3 N–H and O–H groups in total. The molecule has 8 nitrogen and oxygen atoms in total. The zero-order valence-corrected chi connectivity index (χ0v) is 11.1. The van der Waals surface area contributed by atoms with Crippen LogP contribution in [0.1, 0.15) is 17.4 Å². The summed E-state index contributed by atoms with van der Waals surface area (Å²) in [5, 5.41) is 15.2. The molecule has 1 aromatic heterocycles. The van der Waals surface area contributed by atoms with Crippen LogP contribution < -0.4 is 10.6 Å². The minimum atomic E-state index is -1.20. The maximum absolute atomic E-state index is 11.7. The number of thiazole rings is 1. The predicted octanol–water partition coefficient (Wildman–Crippen LogP) is -0.0691. The number of aromatic nitrogens is 1. The van der Waals surface area contributed by atoms with Gasteiger partial charge in [0.05, 0.1) is 6.61 Å². The third kappa shape index (κ3) is 4.64. The number of nitrogens with zero attached hydrogens (tertiary/aromatic N) is 1. The molecule has 104 valence electrons. The van der Waals surface area contributed by atoms with Gasteiger partial charge in [0.2, 0.25) is 5.91 Å². The van der Waals surface area contributed by atoms with Crippen molar-refractivity contribution < 1.29 is 24.2 Å². The number of carboxylic acid groups (broad SMARTS) is 1. The van der Waals surface area contributed by atoms with Crippen molar-refractivity contribution in [3.8, 4) is 0 Å². The molecule has 9 heteroatoms. The van der Waals surface area contributed by atoms with Crippen LogP contribution in [0.25, 0.3) is 0 Å². The lowest BCUT2D eigenvalue weighted by atomic mass is 10.3. The van der Waals surface area contributed by atoms with Gasteiger partial charge in [-0.25, -0.2) is 9.78 Å². The molecule has 0 saturated carbocycles. The number of anilines is 1. The summed E-state index contributed by atoms with van der Waals surface area (Å²) in [4.78, 5) is 37.2. The van der Waals surface area contributed by atoms with Gasteiger partial charge in [0.25, 0.3) is 5.91 Å². The molecule has 1 heterocycles. The number of ether oxygens (including phenoxy) is 1. The molecule has 0 aliphatic heterocycles. The fourth-order valence-corrected chi connectivity index (χ4v) is 1.90. The summed E-state index contributed by atoms with van der Waals surface area (Å²) in [5.74, 6) is -2.14. The highest BCUT2D eigenvalue weighted by atomic mass is 32.1. The number of carbonyl (C=O) groups is 3. The molecule has 0 aromatic carbocycles. The lowest BCUT2D eigenvalue weighted by Gasteiger charge is -2.12. The van der Waals surface area contributed by atoms with Crippen LogP contribution >= 0.6 is 11.3 Å². The fraction of sp³-hybridized carbons (Fsp3) is 0.400. The smallest absolute Gasteiger partial charge is 0.328 e. The Morgan fingerprint density at radius 2 is 2.21 bits per heavy atom. The Balaban J connectivity index is 2.69. The van der Waals surface area contributed by atoms with E-state index in [9.17, 15) is 14.4 Å². The zero-order valence-electron chi connectivity index (χ0n) is 10.3. The minimum Gasteiger partial charge on any atom is -0.480 e. The normalized spacial score (nSPS) is 11.7. The molecule has 0 saturated heterocycles. The Morgan fingerprint density at radius 1 is 1.53 bits per heavy atom. The van der Waals surface area contributed by atoms with Gasteiger partial charge in [-0.3, -0.25) is 9.59 Å². The molecule has 0 aliphatic carbocycles. The quantitative estimate of drug-likeness (QED) is 0.674. The maximum atomic E-state index is 11.7. The van der Waals surface area contributed by atoms with Gasteiger partial charge in [0.15, 0.2) is 11.2 Å². The van der Waals surface area contributed by atoms with Gasteiger partial charge >= 0.3 is 5.97 Å². The average Bonchev–Trinajstić information content (AvgIpc) is 2.75. The highest BCUT2D eigenvalue weighted by Gasteiger charge is 2.21. The van der Waals surface area contributed by atoms with Crippen molar-refractivity contribution in [1.82, 2.24) is 10.3 Å². The first-order valence-electron chi connectivity index (χ1n) is 5.19. The lowest BCUT2D eigenvalue weighted by molar-refractivity contribution is -0.140. The van der Waals surface area contributed by atoms with E-state index in [1.165, 1.54) is 19.4 Å². The van der Waals surface area contributed by atoms with E-state index in [4.69, 9.17) is 5.11 Å². The molecule has 1 atom stereocenters. The van der Waals surface area contributed by atoms with Crippen LogP contribution in [0.5, 0.6) is 0 Å². The van der Waals surface area contributed by atoms with Crippen LogP contribution in [0.2, 0.25) is 0 Å². The van der Waals surface area contributed by atoms with Crippen molar-refractivity contribution in [3.63, 3.8) is 0 Å². The molecule has 2 amide bonds. The number of rotatable bonds is 6. The van der Waals surface area contributed by atoms with Gasteiger partial charge < -0.3 is 20.5 Å². The first-order chi connectivity index (χ1) is 8.93. The summed E-state index contributed by atoms with van der Waals surface area (Å²) in [6, 6.07) is -1.15. The molecule has 0 aliphatic rings. The summed E-state index contributed by atoms with van der Waals surface area (Å²) < 4.78 is 4.69. The average molecular weight is 287 g/mol. The van der Waals surface area contributed by atoms with Crippen molar-refractivity contribution in [2.75, 3.05) is 19.0 Å². The van der Waals surface area contributed by atoms with Crippen LogP contribution in [0, 0.1) is 0 Å². The van der Waals surface area contributed by atoms with E-state index in [0.717, 1.165) is 11.3 Å². The van der Waals surface area contributed by atoms with E-state index in [0.29, 0.717) is 0 Å². The van der Waals surface area contributed by atoms with Crippen LogP contribution in [0.4, 0.5) is 5.13 Å². The summed E-state index contributed by atoms with van der Waals surface area (Å²) >= 11 is 1.07. The van der Waals surface area contributed by atoms with Gasteiger partial charge in [-0.2, -0.15) is 0 Å². The number of nitrogens with one attached hydrogen (secondary N) is 2. The summed E-state index contributed by atoms with van der Waals surface area (Å²) in [7, 11) is 1.33. The Bertz CT molecular complexity index is 487. The monoisotopic (exact) mass is 287 g/mol. The van der Waals surface area contributed by atoms with Crippen molar-refractivity contribution in [2.24, 2.45) is 0 Å². The number of hydrogen-bond donors (Lipinski definition) is 3. The van der Waals surface area contributed by atoms with Crippen LogP contribution in [-0.2, 0) is 14.3 Å². The third-order valence-electron chi connectivity index (χ3n) is 1.96. The maximum Gasteiger partial charge on any atom is 0.328 e. The van der Waals surface area contributed by atoms with Crippen molar-refractivity contribution in [2.45, 2.75) is 13.0 Å². The second-order valence-corrected chi connectivity index (χ2v) is 4.40. The van der Waals surface area contributed by atoms with E-state index in [1.54, 1.807) is 0 Å². The van der Waals surface area contributed by atoms with Crippen molar-refractivity contribution in [3.05, 3.63) is 11.1 Å². The zero-order chi connectivity index (χ0) is 14.4. The largest absolute Gasteiger partial charge is 0.480 e. The summed E-state index contributed by atoms with van der Waals surface area (Å²) in [6.45, 7) is 1.17. The molecule has 0 fully saturated rings. The second-order valence-electron chi connectivity index (χ2n) is 3.54.